The molecule has 0 radical (unpaired) electrons. The van der Waals surface area contributed by atoms with Crippen LogP contribution < -0.4 is 24.6 Å². The van der Waals surface area contributed by atoms with E-state index in [1.54, 1.807) is 28.9 Å². The minimum atomic E-state index is -4.26. The molecule has 4 bridgehead atoms. The number of carbonyl (C=O) groups excluding carboxylic acids is 1. The molecule has 12 nitrogen and oxygen atoms in total. The minimum Gasteiger partial charge on any atom is -0.477 e. The zero-order chi connectivity index (χ0) is 33.5. The predicted molar refractivity (Wildman–Crippen MR) is 184 cm³/mol. The van der Waals surface area contributed by atoms with Crippen LogP contribution >= 0.6 is 0 Å². The number of rotatable bonds is 7. The molecule has 2 saturated carbocycles. The van der Waals surface area contributed by atoms with Gasteiger partial charge in [-0.05, 0) is 126 Å². The lowest BCUT2D eigenvalue weighted by atomic mass is 9.94. The average molecular weight is 677 g/mol. The number of anilines is 2. The van der Waals surface area contributed by atoms with Crippen molar-refractivity contribution in [1.29, 1.82) is 0 Å². The van der Waals surface area contributed by atoms with Crippen LogP contribution in [-0.2, 0) is 10.0 Å². The number of sulfonamides is 1. The van der Waals surface area contributed by atoms with Crippen LogP contribution in [-0.4, -0.2) is 79.4 Å². The summed E-state index contributed by atoms with van der Waals surface area (Å²) in [6, 6.07) is 9.99. The summed E-state index contributed by atoms with van der Waals surface area (Å²) in [6.07, 6.45) is 11.1. The summed E-state index contributed by atoms with van der Waals surface area (Å²) < 4.78 is 37.0. The second-order valence-electron chi connectivity index (χ2n) is 14.7. The van der Waals surface area contributed by atoms with E-state index in [1.165, 1.54) is 31.7 Å². The van der Waals surface area contributed by atoms with E-state index in [0.29, 0.717) is 48.9 Å². The van der Waals surface area contributed by atoms with E-state index in [1.807, 2.05) is 24.2 Å². The molecule has 1 unspecified atom stereocenters. The minimum absolute atomic E-state index is 0.179. The molecule has 3 aromatic heterocycles. The molecule has 1 amide bonds. The first-order chi connectivity index (χ1) is 23.1. The number of ether oxygens (including phenoxy) is 1. The van der Waals surface area contributed by atoms with Crippen molar-refractivity contribution in [2.75, 3.05) is 49.6 Å². The number of nitrogens with zero attached hydrogens (tertiary/aromatic N) is 6. The Bertz CT molecular complexity index is 1720. The number of pyridine rings is 2. The van der Waals surface area contributed by atoms with Gasteiger partial charge in [0, 0.05) is 37.9 Å². The van der Waals surface area contributed by atoms with Gasteiger partial charge in [0.15, 0.2) is 10.8 Å². The molecule has 3 aromatic rings. The molecule has 13 heteroatoms. The van der Waals surface area contributed by atoms with E-state index in [2.05, 4.69) is 38.9 Å². The third kappa shape index (κ3) is 7.31. The van der Waals surface area contributed by atoms with Crippen LogP contribution in [0.25, 0.3) is 5.82 Å². The quantitative estimate of drug-likeness (QED) is 0.371. The Kier molecular flexibility index (Phi) is 9.10. The number of hydrogen-bond acceptors (Lipinski definition) is 10. The molecule has 258 valence electrons. The van der Waals surface area contributed by atoms with Gasteiger partial charge >= 0.3 is 0 Å². The lowest BCUT2D eigenvalue weighted by Gasteiger charge is -2.34. The Morgan fingerprint density at radius 3 is 2.56 bits per heavy atom. The van der Waals surface area contributed by atoms with Crippen LogP contribution in [0.3, 0.4) is 0 Å². The van der Waals surface area contributed by atoms with Crippen LogP contribution in [0.5, 0.6) is 5.88 Å². The number of carbonyl (C=O) groups is 1. The van der Waals surface area contributed by atoms with Gasteiger partial charge in [0.1, 0.15) is 11.6 Å². The van der Waals surface area contributed by atoms with Gasteiger partial charge in [-0.3, -0.25) is 4.79 Å². The van der Waals surface area contributed by atoms with Gasteiger partial charge in [-0.25, -0.2) is 19.4 Å². The molecule has 1 saturated heterocycles. The number of hydrogen-bond donors (Lipinski definition) is 2. The monoisotopic (exact) mass is 676 g/mol. The summed E-state index contributed by atoms with van der Waals surface area (Å²) in [6.45, 7) is 8.10. The SMILES string of the molecule is CN1CCCNCCC2CN(c3nc(-n4ccc(OCCC(C5CC5)C5CC5)n4)ccc3C(=O)NS(=O)(=O)c3cccc1n3)C(C)(C)C2. The van der Waals surface area contributed by atoms with Gasteiger partial charge in [0.25, 0.3) is 15.9 Å². The Balaban J connectivity index is 1.17. The van der Waals surface area contributed by atoms with E-state index in [4.69, 9.17) is 9.72 Å². The Morgan fingerprint density at radius 1 is 1.00 bits per heavy atom. The highest BCUT2D eigenvalue weighted by atomic mass is 32.2. The van der Waals surface area contributed by atoms with Gasteiger partial charge in [-0.15, -0.1) is 5.10 Å². The zero-order valence-corrected chi connectivity index (χ0v) is 29.1. The van der Waals surface area contributed by atoms with Crippen molar-refractivity contribution in [3.8, 4) is 11.7 Å². The molecule has 7 rings (SSSR count). The highest BCUT2D eigenvalue weighted by Crippen LogP contribution is 2.50. The highest BCUT2D eigenvalue weighted by Gasteiger charge is 2.42. The van der Waals surface area contributed by atoms with Crippen LogP contribution in [0.2, 0.25) is 0 Å². The smallest absolute Gasteiger partial charge is 0.281 e. The fourth-order valence-electron chi connectivity index (χ4n) is 7.60. The summed E-state index contributed by atoms with van der Waals surface area (Å²) in [4.78, 5) is 27.3. The number of fused-ring (bicyclic) bond motifs is 6. The Labute approximate surface area is 283 Å². The average Bonchev–Trinajstić information content (AvgIpc) is 4.00. The molecule has 0 aromatic carbocycles. The molecule has 2 aliphatic carbocycles. The lowest BCUT2D eigenvalue weighted by Crippen LogP contribution is -2.41. The first-order valence-electron chi connectivity index (χ1n) is 17.5. The molecule has 1 atom stereocenters. The molecular weight excluding hydrogens is 629 g/mol. The van der Waals surface area contributed by atoms with Gasteiger partial charge in [0.05, 0.1) is 12.2 Å². The van der Waals surface area contributed by atoms with Gasteiger partial charge in [-0.1, -0.05) is 6.07 Å². The fraction of sp³-hybridized carbons (Fsp3) is 0.600. The van der Waals surface area contributed by atoms with Gasteiger partial charge in [-0.2, -0.15) is 8.42 Å². The van der Waals surface area contributed by atoms with Crippen LogP contribution in [0, 0.1) is 23.7 Å². The fourth-order valence-corrected chi connectivity index (χ4v) is 8.53. The van der Waals surface area contributed by atoms with Crippen molar-refractivity contribution in [1.82, 2.24) is 29.8 Å². The first kappa shape index (κ1) is 32.8. The van der Waals surface area contributed by atoms with Crippen LogP contribution in [0.4, 0.5) is 11.6 Å². The highest BCUT2D eigenvalue weighted by molar-refractivity contribution is 7.90. The third-order valence-corrected chi connectivity index (χ3v) is 11.7. The van der Waals surface area contributed by atoms with Crippen molar-refractivity contribution in [3.63, 3.8) is 0 Å². The Hall–Kier alpha value is -3.71. The number of amides is 1. The van der Waals surface area contributed by atoms with E-state index >= 15 is 0 Å². The summed E-state index contributed by atoms with van der Waals surface area (Å²) in [5, 5.41) is 8.03. The van der Waals surface area contributed by atoms with Crippen LogP contribution in [0.1, 0.15) is 75.6 Å². The van der Waals surface area contributed by atoms with Crippen LogP contribution in [0.15, 0.2) is 47.6 Å². The normalized spacial score (nSPS) is 22.9. The molecule has 0 spiro atoms. The molecule has 3 fully saturated rings. The standard InChI is InChI=1S/C35H48N8O4S/c1-35(2)22-24-14-18-36-17-5-19-41(3)29-6-4-7-32(37-29)48(45,46)40-34(44)28-12-13-30(38-33(28)42(35)23-24)43-20-15-31(39-43)47-21-16-27(25-8-9-25)26-10-11-26/h4,6-7,12-13,15,20,24-27,36H,5,8-11,14,16-19,21-23H2,1-3H3,(H,40,44). The molecule has 2 N–H and O–H groups in total. The van der Waals surface area contributed by atoms with Crippen molar-refractivity contribution < 1.29 is 17.9 Å². The Morgan fingerprint density at radius 2 is 1.79 bits per heavy atom. The van der Waals surface area contributed by atoms with E-state index in [9.17, 15) is 13.2 Å². The van der Waals surface area contributed by atoms with E-state index in [-0.39, 0.29) is 16.1 Å². The second-order valence-corrected chi connectivity index (χ2v) is 16.3. The van der Waals surface area contributed by atoms with Gasteiger partial charge in [0.2, 0.25) is 5.88 Å². The summed E-state index contributed by atoms with van der Waals surface area (Å²) in [7, 11) is -2.38. The van der Waals surface area contributed by atoms with Crippen molar-refractivity contribution in [2.45, 2.75) is 75.8 Å². The summed E-state index contributed by atoms with van der Waals surface area (Å²) >= 11 is 0. The third-order valence-electron chi connectivity index (χ3n) is 10.5. The number of nitrogens with one attached hydrogen (secondary N) is 2. The van der Waals surface area contributed by atoms with E-state index < -0.39 is 15.9 Å². The predicted octanol–water partition coefficient (Wildman–Crippen LogP) is 4.41. The molecule has 2 aliphatic heterocycles. The zero-order valence-electron chi connectivity index (χ0n) is 28.3. The molecular formula is C35H48N8O4S. The topological polar surface area (TPSA) is 135 Å². The first-order valence-corrected chi connectivity index (χ1v) is 19.0. The lowest BCUT2D eigenvalue weighted by molar-refractivity contribution is 0.0981. The van der Waals surface area contributed by atoms with Crippen molar-refractivity contribution >= 4 is 27.6 Å². The maximum Gasteiger partial charge on any atom is 0.281 e. The molecule has 5 heterocycles. The molecule has 4 aliphatic rings. The summed E-state index contributed by atoms with van der Waals surface area (Å²) in [5.41, 5.74) is -0.137. The number of aromatic nitrogens is 4. The van der Waals surface area contributed by atoms with Gasteiger partial charge < -0.3 is 19.9 Å². The largest absolute Gasteiger partial charge is 0.477 e. The summed E-state index contributed by atoms with van der Waals surface area (Å²) in [5.74, 6) is 4.18. The maximum absolute atomic E-state index is 13.8. The second kappa shape index (κ2) is 13.3. The maximum atomic E-state index is 13.8. The van der Waals surface area contributed by atoms with Crippen molar-refractivity contribution in [3.05, 3.63) is 48.2 Å². The van der Waals surface area contributed by atoms with E-state index in [0.717, 1.165) is 56.5 Å². The molecule has 48 heavy (non-hydrogen) atoms. The van der Waals surface area contributed by atoms with Crippen molar-refractivity contribution in [2.24, 2.45) is 23.7 Å².